The highest BCUT2D eigenvalue weighted by molar-refractivity contribution is 5.78. The van der Waals surface area contributed by atoms with Crippen molar-refractivity contribution >= 4 is 5.91 Å². The maximum atomic E-state index is 13.6. The number of aryl methyl sites for hydroxylation is 1. The zero-order valence-electron chi connectivity index (χ0n) is 25.4. The molecule has 1 amide bonds. The molecule has 6 nitrogen and oxygen atoms in total. The predicted molar refractivity (Wildman–Crippen MR) is 158 cm³/mol. The van der Waals surface area contributed by atoms with Gasteiger partial charge in [-0.1, -0.05) is 12.5 Å². The van der Waals surface area contributed by atoms with Crippen LogP contribution < -0.4 is 4.74 Å². The largest absolute Gasteiger partial charge is 0.488 e. The van der Waals surface area contributed by atoms with Gasteiger partial charge in [-0.15, -0.1) is 0 Å². The van der Waals surface area contributed by atoms with Crippen LogP contribution in [-0.4, -0.2) is 66.2 Å². The number of carbonyl (C=O) groups is 1. The number of alkyl halides is 3. The smallest absolute Gasteiger partial charge is 0.417 e. The first-order valence-electron chi connectivity index (χ1n) is 15.7. The Bertz CT molecular complexity index is 1350. The van der Waals surface area contributed by atoms with Gasteiger partial charge in [0.1, 0.15) is 24.3 Å². The molecule has 2 heterocycles. The minimum Gasteiger partial charge on any atom is -0.488 e. The summed E-state index contributed by atoms with van der Waals surface area (Å²) in [5.41, 5.74) is 0.302. The third-order valence-electron chi connectivity index (χ3n) is 9.46. The van der Waals surface area contributed by atoms with Crippen LogP contribution in [0.3, 0.4) is 0 Å². The molecule has 2 aromatic carbocycles. The van der Waals surface area contributed by atoms with Crippen LogP contribution in [0.15, 0.2) is 36.4 Å². The van der Waals surface area contributed by atoms with Gasteiger partial charge in [-0.3, -0.25) is 9.69 Å². The Morgan fingerprint density at radius 3 is 2.57 bits per heavy atom. The number of nitrogens with zero attached hydrogens (tertiary/aromatic N) is 3. The second-order valence-corrected chi connectivity index (χ2v) is 12.7. The van der Waals surface area contributed by atoms with E-state index in [1.807, 2.05) is 4.90 Å². The topological polar surface area (TPSA) is 65.8 Å². The Hall–Kier alpha value is -3.16. The van der Waals surface area contributed by atoms with Gasteiger partial charge < -0.3 is 14.4 Å². The molecule has 0 spiro atoms. The summed E-state index contributed by atoms with van der Waals surface area (Å²) in [6.07, 6.45) is 2.14. The number of amides is 1. The number of rotatable bonds is 9. The number of ether oxygens (including phenoxy) is 2. The van der Waals surface area contributed by atoms with Crippen LogP contribution in [0.2, 0.25) is 0 Å². The summed E-state index contributed by atoms with van der Waals surface area (Å²) < 4.78 is 65.4. The molecule has 1 saturated carbocycles. The maximum absolute atomic E-state index is 13.6. The van der Waals surface area contributed by atoms with E-state index in [9.17, 15) is 22.4 Å². The summed E-state index contributed by atoms with van der Waals surface area (Å²) in [5.74, 6) is 1.01. The number of piperazine rings is 1. The number of carbonyl (C=O) groups excluding carboxylic acids is 1. The van der Waals surface area contributed by atoms with Crippen molar-refractivity contribution in [2.24, 2.45) is 5.92 Å². The fourth-order valence-electron chi connectivity index (χ4n) is 6.99. The van der Waals surface area contributed by atoms with Crippen LogP contribution in [0.1, 0.15) is 74.6 Å². The summed E-state index contributed by atoms with van der Waals surface area (Å²) in [4.78, 5) is 17.4. The van der Waals surface area contributed by atoms with Gasteiger partial charge in [-0.05, 0) is 94.2 Å². The number of hydrogen-bond donors (Lipinski definition) is 0. The van der Waals surface area contributed by atoms with E-state index in [1.54, 1.807) is 24.3 Å². The fourth-order valence-corrected chi connectivity index (χ4v) is 6.99. The van der Waals surface area contributed by atoms with Crippen molar-refractivity contribution in [3.63, 3.8) is 0 Å². The van der Waals surface area contributed by atoms with Gasteiger partial charge >= 0.3 is 6.18 Å². The van der Waals surface area contributed by atoms with Crippen molar-refractivity contribution in [3.8, 4) is 11.8 Å². The Morgan fingerprint density at radius 1 is 1.07 bits per heavy atom. The fraction of sp³-hybridized carbons (Fsp3) is 0.588. The number of halogens is 4. The molecule has 0 bridgehead atoms. The average Bonchev–Trinajstić information content (AvgIpc) is 3.39. The van der Waals surface area contributed by atoms with Gasteiger partial charge in [0.25, 0.3) is 0 Å². The van der Waals surface area contributed by atoms with Gasteiger partial charge in [-0.2, -0.15) is 18.4 Å². The third-order valence-corrected chi connectivity index (χ3v) is 9.46. The minimum atomic E-state index is -4.53. The van der Waals surface area contributed by atoms with Gasteiger partial charge in [0.05, 0.1) is 23.3 Å². The monoisotopic (exact) mass is 615 g/mol. The lowest BCUT2D eigenvalue weighted by atomic mass is 9.84. The molecule has 0 aromatic heterocycles. The molecule has 0 radical (unpaired) electrons. The zero-order valence-corrected chi connectivity index (χ0v) is 25.4. The highest BCUT2D eigenvalue weighted by Crippen LogP contribution is 2.34. The van der Waals surface area contributed by atoms with Crippen LogP contribution in [0, 0.1) is 23.1 Å². The molecule has 5 rings (SSSR count). The predicted octanol–water partition coefficient (Wildman–Crippen LogP) is 6.54. The van der Waals surface area contributed by atoms with E-state index in [1.165, 1.54) is 12.1 Å². The van der Waals surface area contributed by atoms with Crippen molar-refractivity contribution < 1.29 is 31.8 Å². The molecule has 2 aromatic rings. The normalized spacial score (nSPS) is 25.8. The molecule has 1 aliphatic carbocycles. The number of nitriles is 1. The first kappa shape index (κ1) is 32.2. The van der Waals surface area contributed by atoms with Gasteiger partial charge in [-0.25, -0.2) is 4.39 Å². The van der Waals surface area contributed by atoms with Gasteiger partial charge in [0, 0.05) is 43.7 Å². The van der Waals surface area contributed by atoms with E-state index in [0.29, 0.717) is 30.9 Å². The Morgan fingerprint density at radius 2 is 1.84 bits per heavy atom. The van der Waals surface area contributed by atoms with E-state index in [2.05, 4.69) is 18.7 Å². The second kappa shape index (κ2) is 13.9. The average molecular weight is 616 g/mol. The SMILES string of the molecule is CC1CN(C(=O)COC2CCC(CCCc3ccc(C#N)c(C(F)(F)F)c3)CC2)C(C)CN1CC1Cc2cc(F)ccc2O1. The van der Waals surface area contributed by atoms with E-state index in [-0.39, 0.29) is 48.2 Å². The Balaban J connectivity index is 0.997. The summed E-state index contributed by atoms with van der Waals surface area (Å²) in [5, 5.41) is 8.99. The summed E-state index contributed by atoms with van der Waals surface area (Å²) in [7, 11) is 0. The lowest BCUT2D eigenvalue weighted by Gasteiger charge is -2.44. The highest BCUT2D eigenvalue weighted by Gasteiger charge is 2.36. The van der Waals surface area contributed by atoms with Crippen LogP contribution in [0.5, 0.6) is 5.75 Å². The molecule has 238 valence electrons. The standard InChI is InChI=1S/C34H41F4N3O3/c1-22-19-41(23(2)18-40(22)20-30-16-27-15-28(35)10-13-32(27)44-30)33(42)21-43-29-11-7-24(8-12-29)4-3-5-25-6-9-26(17-39)31(14-25)34(36,37)38/h6,9-10,13-15,22-24,29-30H,3-5,7-8,11-12,16,18-21H2,1-2H3. The molecule has 10 heteroatoms. The number of hydrogen-bond acceptors (Lipinski definition) is 5. The van der Waals surface area contributed by atoms with Crippen molar-refractivity contribution in [3.05, 3.63) is 64.5 Å². The van der Waals surface area contributed by atoms with E-state index in [4.69, 9.17) is 14.7 Å². The Kier molecular flexibility index (Phi) is 10.2. The lowest BCUT2D eigenvalue weighted by Crippen LogP contribution is -2.60. The molecule has 3 aliphatic rings. The maximum Gasteiger partial charge on any atom is 0.417 e. The second-order valence-electron chi connectivity index (χ2n) is 12.7. The number of benzene rings is 2. The van der Waals surface area contributed by atoms with Gasteiger partial charge in [0.2, 0.25) is 5.91 Å². The van der Waals surface area contributed by atoms with Crippen molar-refractivity contribution in [2.75, 3.05) is 26.2 Å². The van der Waals surface area contributed by atoms with Crippen LogP contribution in [0.4, 0.5) is 17.6 Å². The summed E-state index contributed by atoms with van der Waals surface area (Å²) in [6.45, 7) is 6.33. The third kappa shape index (κ3) is 7.91. The first-order valence-corrected chi connectivity index (χ1v) is 15.7. The molecule has 1 saturated heterocycles. The minimum absolute atomic E-state index is 0.00626. The van der Waals surface area contributed by atoms with E-state index in [0.717, 1.165) is 69.0 Å². The van der Waals surface area contributed by atoms with Crippen molar-refractivity contribution in [1.82, 2.24) is 9.80 Å². The Labute approximate surface area is 256 Å². The van der Waals surface area contributed by atoms with Crippen LogP contribution in [-0.2, 0) is 28.5 Å². The van der Waals surface area contributed by atoms with Gasteiger partial charge in [0.15, 0.2) is 0 Å². The van der Waals surface area contributed by atoms with E-state index < -0.39 is 11.7 Å². The first-order chi connectivity index (χ1) is 21.0. The molecule has 3 atom stereocenters. The van der Waals surface area contributed by atoms with Crippen molar-refractivity contribution in [1.29, 1.82) is 5.26 Å². The molecule has 0 N–H and O–H groups in total. The molecular weight excluding hydrogens is 574 g/mol. The molecule has 2 aliphatic heterocycles. The summed E-state index contributed by atoms with van der Waals surface area (Å²) >= 11 is 0. The van der Waals surface area contributed by atoms with Crippen molar-refractivity contribution in [2.45, 2.75) is 95.7 Å². The molecule has 2 fully saturated rings. The van der Waals surface area contributed by atoms with Crippen LogP contribution in [0.25, 0.3) is 0 Å². The molecule has 3 unspecified atom stereocenters. The molecular formula is C34H41F4N3O3. The quantitative estimate of drug-likeness (QED) is 0.300. The highest BCUT2D eigenvalue weighted by atomic mass is 19.4. The van der Waals surface area contributed by atoms with Crippen LogP contribution >= 0.6 is 0 Å². The number of fused-ring (bicyclic) bond motifs is 1. The molecule has 44 heavy (non-hydrogen) atoms. The zero-order chi connectivity index (χ0) is 31.4. The lowest BCUT2D eigenvalue weighted by molar-refractivity contribution is -0.145. The summed E-state index contributed by atoms with van der Waals surface area (Å²) in [6, 6.07) is 10.5. The van der Waals surface area contributed by atoms with E-state index >= 15 is 0 Å².